The normalized spacial score (nSPS) is 24.7. The number of hydrogen-bond donors (Lipinski definition) is 1. The van der Waals surface area contributed by atoms with E-state index in [4.69, 9.17) is 21.1 Å². The molecule has 142 valence electrons. The summed E-state index contributed by atoms with van der Waals surface area (Å²) in [6, 6.07) is 6.04. The quantitative estimate of drug-likeness (QED) is 0.866. The Labute approximate surface area is 160 Å². The minimum atomic E-state index is 0.0490. The molecule has 1 saturated carbocycles. The fourth-order valence-corrected chi connectivity index (χ4v) is 5.11. The monoisotopic (exact) mass is 378 g/mol. The summed E-state index contributed by atoms with van der Waals surface area (Å²) in [6.45, 7) is 3.05. The van der Waals surface area contributed by atoms with E-state index in [2.05, 4.69) is 10.2 Å². The van der Waals surface area contributed by atoms with Crippen LogP contribution in [0.15, 0.2) is 18.2 Å². The lowest BCUT2D eigenvalue weighted by Crippen LogP contribution is -2.72. The van der Waals surface area contributed by atoms with Crippen molar-refractivity contribution in [2.24, 2.45) is 11.3 Å². The second-order valence-corrected chi connectivity index (χ2v) is 8.27. The van der Waals surface area contributed by atoms with Crippen molar-refractivity contribution in [2.45, 2.75) is 44.7 Å². The maximum atomic E-state index is 12.8. The fourth-order valence-electron chi connectivity index (χ4n) is 4.91. The van der Waals surface area contributed by atoms with Gasteiger partial charge in [-0.05, 0) is 49.3 Å². The van der Waals surface area contributed by atoms with Crippen LogP contribution < -0.4 is 10.1 Å². The minimum absolute atomic E-state index is 0.0490. The lowest BCUT2D eigenvalue weighted by molar-refractivity contribution is -0.137. The third kappa shape index (κ3) is 3.16. The molecule has 0 bridgehead atoms. The topological polar surface area (TPSA) is 50.8 Å². The lowest BCUT2D eigenvalue weighted by Gasteiger charge is -2.64. The average molecular weight is 379 g/mol. The zero-order valence-electron chi connectivity index (χ0n) is 15.3. The fraction of sp³-hybridized carbons (Fsp3) is 0.650. The van der Waals surface area contributed by atoms with Gasteiger partial charge in [-0.25, -0.2) is 4.79 Å². The van der Waals surface area contributed by atoms with Gasteiger partial charge in [0.1, 0.15) is 5.75 Å². The van der Waals surface area contributed by atoms with Crippen molar-refractivity contribution in [1.82, 2.24) is 10.2 Å². The van der Waals surface area contributed by atoms with E-state index < -0.39 is 0 Å². The Morgan fingerprint density at radius 3 is 2.81 bits per heavy atom. The van der Waals surface area contributed by atoms with E-state index in [-0.39, 0.29) is 6.03 Å². The van der Waals surface area contributed by atoms with Crippen LogP contribution in [0.1, 0.15) is 37.7 Å². The smallest absolute Gasteiger partial charge is 0.317 e. The molecule has 2 aliphatic heterocycles. The van der Waals surface area contributed by atoms with E-state index in [1.165, 1.54) is 19.3 Å². The summed E-state index contributed by atoms with van der Waals surface area (Å²) >= 11 is 6.07. The largest absolute Gasteiger partial charge is 0.495 e. The third-order valence-electron chi connectivity index (χ3n) is 6.43. The molecule has 5 nitrogen and oxygen atoms in total. The number of nitrogens with one attached hydrogen (secondary N) is 1. The number of amides is 2. The van der Waals surface area contributed by atoms with E-state index in [9.17, 15) is 4.79 Å². The van der Waals surface area contributed by atoms with Crippen molar-refractivity contribution in [3.05, 3.63) is 28.8 Å². The Kier molecular flexibility index (Phi) is 5.02. The van der Waals surface area contributed by atoms with Gasteiger partial charge in [-0.1, -0.05) is 24.1 Å². The van der Waals surface area contributed by atoms with Crippen LogP contribution in [0.4, 0.5) is 4.79 Å². The predicted octanol–water partition coefficient (Wildman–Crippen LogP) is 3.84. The van der Waals surface area contributed by atoms with E-state index in [0.717, 1.165) is 38.2 Å². The summed E-state index contributed by atoms with van der Waals surface area (Å²) in [5, 5.41) is 3.66. The molecule has 26 heavy (non-hydrogen) atoms. The number of methoxy groups -OCH3 is 1. The number of rotatable bonds is 4. The van der Waals surface area contributed by atoms with Crippen molar-refractivity contribution in [3.63, 3.8) is 0 Å². The first kappa shape index (κ1) is 17.9. The van der Waals surface area contributed by atoms with Gasteiger partial charge < -0.3 is 19.7 Å². The molecule has 6 heteroatoms. The number of carbonyl (C=O) groups excluding carboxylic acids is 1. The number of nitrogens with zero attached hydrogens (tertiary/aromatic N) is 1. The van der Waals surface area contributed by atoms with Gasteiger partial charge in [0, 0.05) is 37.8 Å². The Morgan fingerprint density at radius 2 is 2.15 bits per heavy atom. The minimum Gasteiger partial charge on any atom is -0.495 e. The Morgan fingerprint density at radius 1 is 1.38 bits per heavy atom. The highest BCUT2D eigenvalue weighted by atomic mass is 35.5. The molecular formula is C20H27ClN2O3. The van der Waals surface area contributed by atoms with Crippen LogP contribution in [0.3, 0.4) is 0 Å². The molecule has 1 atom stereocenters. The maximum absolute atomic E-state index is 12.8. The van der Waals surface area contributed by atoms with Crippen LogP contribution in [0, 0.1) is 11.3 Å². The molecule has 3 fully saturated rings. The zero-order valence-corrected chi connectivity index (χ0v) is 16.1. The highest BCUT2D eigenvalue weighted by Gasteiger charge is 2.59. The lowest BCUT2D eigenvalue weighted by atomic mass is 9.54. The van der Waals surface area contributed by atoms with Gasteiger partial charge in [-0.2, -0.15) is 0 Å². The Balaban J connectivity index is 1.39. The summed E-state index contributed by atoms with van der Waals surface area (Å²) < 4.78 is 10.8. The van der Waals surface area contributed by atoms with Gasteiger partial charge in [0.2, 0.25) is 0 Å². The van der Waals surface area contributed by atoms with Gasteiger partial charge >= 0.3 is 6.03 Å². The SMILES string of the molecule is COc1cc(CNC(=O)N2CC3(CCC3)C2C2CCOCC2)ccc1Cl. The summed E-state index contributed by atoms with van der Waals surface area (Å²) in [6.07, 6.45) is 6.00. The number of urea groups is 1. The van der Waals surface area contributed by atoms with Crippen molar-refractivity contribution in [3.8, 4) is 5.75 Å². The summed E-state index contributed by atoms with van der Waals surface area (Å²) in [7, 11) is 1.60. The van der Waals surface area contributed by atoms with E-state index in [1.54, 1.807) is 13.2 Å². The van der Waals surface area contributed by atoms with E-state index in [1.807, 2.05) is 12.1 Å². The molecule has 0 aromatic heterocycles. The highest BCUT2D eigenvalue weighted by Crippen LogP contribution is 2.56. The summed E-state index contributed by atoms with van der Waals surface area (Å²) in [5.74, 6) is 1.22. The number of halogens is 1. The zero-order chi connectivity index (χ0) is 18.1. The number of hydrogen-bond acceptors (Lipinski definition) is 3. The molecular weight excluding hydrogens is 352 g/mol. The molecule has 1 spiro atoms. The van der Waals surface area contributed by atoms with Crippen molar-refractivity contribution < 1.29 is 14.3 Å². The van der Waals surface area contributed by atoms with Crippen LogP contribution in [-0.4, -0.2) is 43.8 Å². The molecule has 2 heterocycles. The van der Waals surface area contributed by atoms with Crippen molar-refractivity contribution in [1.29, 1.82) is 0 Å². The number of carbonyl (C=O) groups is 1. The van der Waals surface area contributed by atoms with Crippen molar-refractivity contribution in [2.75, 3.05) is 26.9 Å². The number of ether oxygens (including phenoxy) is 2. The Bertz CT molecular complexity index is 671. The molecule has 1 aromatic rings. The standard InChI is InChI=1S/C20H27ClN2O3/c1-25-17-11-14(3-4-16(17)21)12-22-19(24)23-13-20(7-2-8-20)18(23)15-5-9-26-10-6-15/h3-4,11,15,18H,2,5-10,12-13H2,1H3,(H,22,24). The summed E-state index contributed by atoms with van der Waals surface area (Å²) in [5.41, 5.74) is 1.38. The first-order valence-electron chi connectivity index (χ1n) is 9.58. The van der Waals surface area contributed by atoms with Gasteiger partial charge in [0.05, 0.1) is 12.1 Å². The summed E-state index contributed by atoms with van der Waals surface area (Å²) in [4.78, 5) is 14.9. The molecule has 1 aliphatic carbocycles. The van der Waals surface area contributed by atoms with E-state index in [0.29, 0.717) is 34.7 Å². The molecule has 2 amide bonds. The van der Waals surface area contributed by atoms with Crippen molar-refractivity contribution >= 4 is 17.6 Å². The Hall–Kier alpha value is -1.46. The molecule has 4 rings (SSSR count). The van der Waals surface area contributed by atoms with Crippen LogP contribution in [-0.2, 0) is 11.3 Å². The van der Waals surface area contributed by atoms with Gasteiger partial charge in [-0.15, -0.1) is 0 Å². The van der Waals surface area contributed by atoms with Crippen LogP contribution in [0.5, 0.6) is 5.75 Å². The molecule has 3 aliphatic rings. The van der Waals surface area contributed by atoms with Gasteiger partial charge in [0.25, 0.3) is 0 Å². The first-order chi connectivity index (χ1) is 12.6. The molecule has 2 saturated heterocycles. The van der Waals surface area contributed by atoms with Gasteiger partial charge in [-0.3, -0.25) is 0 Å². The van der Waals surface area contributed by atoms with Crippen LogP contribution in [0.2, 0.25) is 5.02 Å². The predicted molar refractivity (Wildman–Crippen MR) is 101 cm³/mol. The second-order valence-electron chi connectivity index (χ2n) is 7.87. The third-order valence-corrected chi connectivity index (χ3v) is 6.74. The number of likely N-dealkylation sites (tertiary alicyclic amines) is 1. The molecule has 1 aromatic carbocycles. The maximum Gasteiger partial charge on any atom is 0.317 e. The number of benzene rings is 1. The average Bonchev–Trinajstić information content (AvgIpc) is 2.60. The van der Waals surface area contributed by atoms with Crippen LogP contribution in [0.25, 0.3) is 0 Å². The second kappa shape index (κ2) is 7.28. The highest BCUT2D eigenvalue weighted by molar-refractivity contribution is 6.32. The molecule has 1 N–H and O–H groups in total. The molecule has 1 unspecified atom stereocenters. The van der Waals surface area contributed by atoms with E-state index >= 15 is 0 Å². The first-order valence-corrected chi connectivity index (χ1v) is 9.95. The molecule has 0 radical (unpaired) electrons. The van der Waals surface area contributed by atoms with Crippen LogP contribution >= 0.6 is 11.6 Å². The van der Waals surface area contributed by atoms with Gasteiger partial charge in [0.15, 0.2) is 0 Å².